The van der Waals surface area contributed by atoms with Crippen molar-refractivity contribution < 1.29 is 14.3 Å². The molecule has 1 aromatic carbocycles. The molecule has 4 atom stereocenters. The molecule has 1 N–H and O–H groups in total. The van der Waals surface area contributed by atoms with Crippen molar-refractivity contribution in [3.8, 4) is 0 Å². The number of rotatable bonds is 3. The number of hydrogen-bond donors (Lipinski definition) is 1. The number of nitrogens with zero attached hydrogens (tertiary/aromatic N) is 1. The number of benzene rings is 1. The van der Waals surface area contributed by atoms with Crippen molar-refractivity contribution in [2.45, 2.75) is 19.1 Å². The van der Waals surface area contributed by atoms with Gasteiger partial charge in [-0.1, -0.05) is 30.4 Å². The van der Waals surface area contributed by atoms with Crippen LogP contribution < -0.4 is 5.32 Å². The minimum absolute atomic E-state index is 0.122. The molecule has 0 spiro atoms. The maximum absolute atomic E-state index is 12.4. The number of anilines is 1. The Morgan fingerprint density at radius 3 is 2.33 bits per heavy atom. The van der Waals surface area contributed by atoms with Crippen LogP contribution in [0, 0.1) is 18.8 Å². The monoisotopic (exact) mass is 284 g/mol. The van der Waals surface area contributed by atoms with Crippen molar-refractivity contribution in [1.82, 2.24) is 4.90 Å². The number of hydrogen-bond acceptors (Lipinski definition) is 4. The van der Waals surface area contributed by atoms with Gasteiger partial charge in [-0.3, -0.25) is 14.5 Å². The summed E-state index contributed by atoms with van der Waals surface area (Å²) in [6.07, 6.45) is 3.35. The van der Waals surface area contributed by atoms with Gasteiger partial charge in [-0.25, -0.2) is 0 Å². The highest BCUT2D eigenvalue weighted by atomic mass is 16.5. The fourth-order valence-electron chi connectivity index (χ4n) is 3.46. The molecule has 4 rings (SSSR count). The molecule has 0 aliphatic carbocycles. The van der Waals surface area contributed by atoms with E-state index in [4.69, 9.17) is 4.74 Å². The fourth-order valence-corrected chi connectivity index (χ4v) is 3.46. The predicted molar refractivity (Wildman–Crippen MR) is 76.3 cm³/mol. The molecule has 5 heteroatoms. The zero-order valence-corrected chi connectivity index (χ0v) is 11.7. The van der Waals surface area contributed by atoms with Crippen molar-refractivity contribution in [2.24, 2.45) is 11.8 Å². The fraction of sp³-hybridized carbons (Fsp3) is 0.375. The number of para-hydroxylation sites is 1. The Kier molecular flexibility index (Phi) is 2.65. The van der Waals surface area contributed by atoms with Crippen molar-refractivity contribution in [1.29, 1.82) is 0 Å². The Balaban J connectivity index is 1.51. The Bertz CT molecular complexity index is 625. The number of nitrogens with one attached hydrogen (secondary N) is 1. The molecule has 108 valence electrons. The number of likely N-dealkylation sites (tertiary alicyclic amines) is 1. The number of fused-ring (bicyclic) bond motifs is 5. The van der Waals surface area contributed by atoms with Crippen LogP contribution in [0.25, 0.3) is 0 Å². The minimum atomic E-state index is -0.328. The van der Waals surface area contributed by atoms with E-state index in [0.29, 0.717) is 0 Å². The third-order valence-electron chi connectivity index (χ3n) is 4.57. The van der Waals surface area contributed by atoms with Gasteiger partial charge in [-0.2, -0.15) is 0 Å². The van der Waals surface area contributed by atoms with Crippen molar-refractivity contribution in [3.63, 3.8) is 0 Å². The molecule has 2 fully saturated rings. The lowest BCUT2D eigenvalue weighted by molar-refractivity contribution is -0.141. The van der Waals surface area contributed by atoms with Gasteiger partial charge in [0, 0.05) is 5.69 Å². The summed E-state index contributed by atoms with van der Waals surface area (Å²) < 4.78 is 5.61. The Morgan fingerprint density at radius 2 is 1.71 bits per heavy atom. The number of carbonyl (C=O) groups excluding carboxylic acids is 2. The number of amides is 2. The minimum Gasteiger partial charge on any atom is -0.367 e. The Morgan fingerprint density at radius 1 is 1.10 bits per heavy atom. The highest BCUT2D eigenvalue weighted by Crippen LogP contribution is 2.44. The first kappa shape index (κ1) is 12.6. The summed E-state index contributed by atoms with van der Waals surface area (Å²) in [6.45, 7) is 2.21. The number of carbonyl (C=O) groups is 2. The second kappa shape index (κ2) is 4.43. The molecule has 5 nitrogen and oxygen atoms in total. The quantitative estimate of drug-likeness (QED) is 0.671. The number of aryl methyl sites for hydroxylation is 1. The highest BCUT2D eigenvalue weighted by molar-refractivity contribution is 6.06. The molecule has 0 aromatic heterocycles. The molecule has 3 aliphatic rings. The van der Waals surface area contributed by atoms with Crippen LogP contribution in [0.4, 0.5) is 5.69 Å². The molecular weight excluding hydrogens is 268 g/mol. The second-order valence-corrected chi connectivity index (χ2v) is 5.76. The Labute approximate surface area is 122 Å². The Hall–Kier alpha value is -2.14. The van der Waals surface area contributed by atoms with Gasteiger partial charge in [-0.05, 0) is 18.6 Å². The third-order valence-corrected chi connectivity index (χ3v) is 4.57. The largest absolute Gasteiger partial charge is 0.367 e. The summed E-state index contributed by atoms with van der Waals surface area (Å²) in [7, 11) is 0. The van der Waals surface area contributed by atoms with Gasteiger partial charge in [0.25, 0.3) is 0 Å². The SMILES string of the molecule is Cc1ccccc1NCN1C(=O)C2C3C=CC(O3)C2C1=O. The van der Waals surface area contributed by atoms with E-state index in [2.05, 4.69) is 5.32 Å². The molecule has 21 heavy (non-hydrogen) atoms. The van der Waals surface area contributed by atoms with Gasteiger partial charge in [-0.15, -0.1) is 0 Å². The molecule has 1 aromatic rings. The lowest BCUT2D eigenvalue weighted by Gasteiger charge is -2.19. The summed E-state index contributed by atoms with van der Waals surface area (Å²) in [5.74, 6) is -0.900. The zero-order chi connectivity index (χ0) is 14.6. The average Bonchev–Trinajstić information content (AvgIpc) is 3.14. The van der Waals surface area contributed by atoms with E-state index in [-0.39, 0.29) is 42.5 Å². The van der Waals surface area contributed by atoms with Gasteiger partial charge >= 0.3 is 0 Å². The number of ether oxygens (including phenoxy) is 1. The summed E-state index contributed by atoms with van der Waals surface area (Å²) in [4.78, 5) is 26.2. The molecule has 0 saturated carbocycles. The van der Waals surface area contributed by atoms with Gasteiger partial charge in [0.2, 0.25) is 11.8 Å². The van der Waals surface area contributed by atoms with Crippen molar-refractivity contribution >= 4 is 17.5 Å². The van der Waals surface area contributed by atoms with E-state index < -0.39 is 0 Å². The van der Waals surface area contributed by atoms with Crippen molar-refractivity contribution in [3.05, 3.63) is 42.0 Å². The smallest absolute Gasteiger partial charge is 0.237 e. The number of imide groups is 1. The topological polar surface area (TPSA) is 58.6 Å². The van der Waals surface area contributed by atoms with Crippen LogP contribution in [0.3, 0.4) is 0 Å². The molecule has 3 aliphatic heterocycles. The first-order valence-electron chi connectivity index (χ1n) is 7.15. The van der Waals surface area contributed by atoms with Gasteiger partial charge in [0.05, 0.1) is 30.7 Å². The van der Waals surface area contributed by atoms with Crippen LogP contribution in [0.1, 0.15) is 5.56 Å². The van der Waals surface area contributed by atoms with Gasteiger partial charge in [0.15, 0.2) is 0 Å². The summed E-state index contributed by atoms with van der Waals surface area (Å²) in [6, 6.07) is 7.81. The van der Waals surface area contributed by atoms with Gasteiger partial charge < -0.3 is 10.1 Å². The van der Waals surface area contributed by atoms with E-state index in [1.165, 1.54) is 4.90 Å². The van der Waals surface area contributed by atoms with Crippen LogP contribution in [0.5, 0.6) is 0 Å². The van der Waals surface area contributed by atoms with E-state index in [1.54, 1.807) is 0 Å². The lowest BCUT2D eigenvalue weighted by atomic mass is 9.85. The maximum atomic E-state index is 12.4. The van der Waals surface area contributed by atoms with Crippen LogP contribution >= 0.6 is 0 Å². The van der Waals surface area contributed by atoms with Crippen LogP contribution in [-0.2, 0) is 14.3 Å². The molecule has 3 heterocycles. The molecule has 4 unspecified atom stereocenters. The normalized spacial score (nSPS) is 32.9. The summed E-state index contributed by atoms with van der Waals surface area (Å²) in [5.41, 5.74) is 2.02. The highest BCUT2D eigenvalue weighted by Gasteiger charge is 2.60. The maximum Gasteiger partial charge on any atom is 0.237 e. The molecule has 2 bridgehead atoms. The summed E-state index contributed by atoms with van der Waals surface area (Å²) >= 11 is 0. The molecule has 2 amide bonds. The third kappa shape index (κ3) is 1.74. The van der Waals surface area contributed by atoms with Crippen LogP contribution in [-0.4, -0.2) is 35.6 Å². The van der Waals surface area contributed by atoms with E-state index >= 15 is 0 Å². The molecule has 2 saturated heterocycles. The average molecular weight is 284 g/mol. The van der Waals surface area contributed by atoms with E-state index in [1.807, 2.05) is 43.3 Å². The summed E-state index contributed by atoms with van der Waals surface area (Å²) in [5, 5.41) is 3.18. The van der Waals surface area contributed by atoms with E-state index in [9.17, 15) is 9.59 Å². The van der Waals surface area contributed by atoms with E-state index in [0.717, 1.165) is 11.3 Å². The standard InChI is InChI=1S/C16H16N2O3/c1-9-4-2-3-5-10(9)17-8-18-15(19)13-11-6-7-12(21-11)14(13)16(18)20/h2-7,11-14,17H,8H2,1H3. The second-order valence-electron chi connectivity index (χ2n) is 5.76. The predicted octanol–water partition coefficient (Wildman–Crippen LogP) is 1.30. The molecule has 0 radical (unpaired) electrons. The zero-order valence-electron chi connectivity index (χ0n) is 11.7. The lowest BCUT2D eigenvalue weighted by Crippen LogP contribution is -2.38. The van der Waals surface area contributed by atoms with Gasteiger partial charge in [0.1, 0.15) is 0 Å². The van der Waals surface area contributed by atoms with Crippen LogP contribution in [0.2, 0.25) is 0 Å². The van der Waals surface area contributed by atoms with Crippen molar-refractivity contribution in [2.75, 3.05) is 12.0 Å². The first-order valence-corrected chi connectivity index (χ1v) is 7.15. The molecular formula is C16H16N2O3. The first-order chi connectivity index (χ1) is 10.2. The van der Waals surface area contributed by atoms with Crippen LogP contribution in [0.15, 0.2) is 36.4 Å².